The van der Waals surface area contributed by atoms with Gasteiger partial charge >= 0.3 is 0 Å². The lowest BCUT2D eigenvalue weighted by molar-refractivity contribution is 0.0904. The van der Waals surface area contributed by atoms with Crippen LogP contribution in [0.25, 0.3) is 11.4 Å². The number of anilines is 4. The topological polar surface area (TPSA) is 125 Å². The molecule has 228 valence electrons. The Morgan fingerprint density at radius 2 is 1.65 bits per heavy atom. The van der Waals surface area contributed by atoms with E-state index in [9.17, 15) is 4.79 Å². The minimum Gasteiger partial charge on any atom is -0.381 e. The fourth-order valence-corrected chi connectivity index (χ4v) is 6.21. The molecule has 0 bridgehead atoms. The van der Waals surface area contributed by atoms with Crippen LogP contribution in [0.1, 0.15) is 36.2 Å². The van der Waals surface area contributed by atoms with E-state index in [0.29, 0.717) is 47.3 Å². The molecule has 3 aliphatic rings. The number of amides is 1. The molecule has 3 aromatic rings. The lowest BCUT2D eigenvalue weighted by Gasteiger charge is -2.42. The van der Waals surface area contributed by atoms with Crippen molar-refractivity contribution in [2.45, 2.75) is 37.8 Å². The third kappa shape index (κ3) is 7.18. The number of hydrogen-bond donors (Lipinski definition) is 3. The summed E-state index contributed by atoms with van der Waals surface area (Å²) in [5, 5.41) is 7.30. The van der Waals surface area contributed by atoms with E-state index < -0.39 is 5.91 Å². The van der Waals surface area contributed by atoms with Crippen LogP contribution in [0.5, 0.6) is 0 Å². The highest BCUT2D eigenvalue weighted by molar-refractivity contribution is 6.30. The van der Waals surface area contributed by atoms with Crippen molar-refractivity contribution >= 4 is 40.5 Å². The van der Waals surface area contributed by atoms with Gasteiger partial charge in [0.05, 0.1) is 10.7 Å². The molecule has 0 spiro atoms. The smallest absolute Gasteiger partial charge is 0.271 e. The zero-order valence-electron chi connectivity index (χ0n) is 24.6. The number of carbonyl (C=O) groups is 1. The number of nitrogens with zero attached hydrogens (tertiary/aromatic N) is 6. The molecule has 3 fully saturated rings. The Kier molecular flexibility index (Phi) is 9.22. The quantitative estimate of drug-likeness (QED) is 0.349. The summed E-state index contributed by atoms with van der Waals surface area (Å²) < 4.78 is 5.52. The van der Waals surface area contributed by atoms with Crippen LogP contribution < -0.4 is 21.3 Å². The SMILES string of the molecule is CN1CCN(C2CCN(c3ccc(Nc4nc(NC5CCOCC5)c(-c5ccc(Cl)cn5)nc4C(N)=O)cc3)CC2)CC1. The summed E-state index contributed by atoms with van der Waals surface area (Å²) >= 11 is 6.08. The summed E-state index contributed by atoms with van der Waals surface area (Å²) in [6.07, 6.45) is 5.58. The highest BCUT2D eigenvalue weighted by atomic mass is 35.5. The highest BCUT2D eigenvalue weighted by Crippen LogP contribution is 2.31. The number of benzene rings is 1. The number of hydrogen-bond acceptors (Lipinski definition) is 10. The van der Waals surface area contributed by atoms with Crippen LogP contribution in [0.2, 0.25) is 5.02 Å². The van der Waals surface area contributed by atoms with Crippen molar-refractivity contribution in [1.29, 1.82) is 0 Å². The van der Waals surface area contributed by atoms with Gasteiger partial charge in [0.25, 0.3) is 5.91 Å². The standard InChI is InChI=1S/C31H40ClN9O2/c1-39-14-16-41(17-15-39)25-8-12-40(13-9-25)24-5-3-22(4-6-24)35-31-28(29(33)42)37-27(26-7-2-21(32)20-34-26)30(38-31)36-23-10-18-43-19-11-23/h2-7,20,23,25H,8-19H2,1H3,(H2,33,42)(H2,35,36,38). The number of primary amides is 1. The first kappa shape index (κ1) is 29.6. The molecule has 3 saturated heterocycles. The lowest BCUT2D eigenvalue weighted by atomic mass is 10.0. The number of ether oxygens (including phenoxy) is 1. The number of aromatic nitrogens is 3. The van der Waals surface area contributed by atoms with E-state index in [1.807, 2.05) is 12.1 Å². The maximum atomic E-state index is 12.6. The number of nitrogens with one attached hydrogen (secondary N) is 2. The molecule has 0 aliphatic carbocycles. The molecule has 43 heavy (non-hydrogen) atoms. The van der Waals surface area contributed by atoms with Gasteiger partial charge in [-0.3, -0.25) is 14.7 Å². The normalized spacial score (nSPS) is 19.3. The average molecular weight is 606 g/mol. The van der Waals surface area contributed by atoms with Crippen LogP contribution >= 0.6 is 11.6 Å². The Balaban J connectivity index is 1.19. The number of rotatable bonds is 8. The van der Waals surface area contributed by atoms with E-state index in [1.165, 1.54) is 31.6 Å². The molecule has 11 nitrogen and oxygen atoms in total. The minimum atomic E-state index is -0.678. The van der Waals surface area contributed by atoms with E-state index in [2.05, 4.69) is 54.5 Å². The van der Waals surface area contributed by atoms with Gasteiger partial charge in [-0.25, -0.2) is 9.97 Å². The van der Waals surface area contributed by atoms with E-state index in [0.717, 1.165) is 44.7 Å². The van der Waals surface area contributed by atoms with Crippen LogP contribution in [-0.2, 0) is 4.74 Å². The van der Waals surface area contributed by atoms with Crippen molar-refractivity contribution in [3.63, 3.8) is 0 Å². The van der Waals surface area contributed by atoms with Crippen LogP contribution in [0.3, 0.4) is 0 Å². The third-order valence-corrected chi connectivity index (χ3v) is 8.90. The first-order valence-electron chi connectivity index (χ1n) is 15.2. The Morgan fingerprint density at radius 1 is 0.930 bits per heavy atom. The van der Waals surface area contributed by atoms with Crippen molar-refractivity contribution < 1.29 is 9.53 Å². The molecule has 4 N–H and O–H groups in total. The molecule has 6 rings (SSSR count). The maximum Gasteiger partial charge on any atom is 0.271 e. The zero-order chi connectivity index (χ0) is 29.8. The highest BCUT2D eigenvalue weighted by Gasteiger charge is 2.27. The Labute approximate surface area is 257 Å². The largest absolute Gasteiger partial charge is 0.381 e. The zero-order valence-corrected chi connectivity index (χ0v) is 25.4. The van der Waals surface area contributed by atoms with Gasteiger partial charge in [0.2, 0.25) is 0 Å². The summed E-state index contributed by atoms with van der Waals surface area (Å²) in [5.41, 5.74) is 8.80. The second kappa shape index (κ2) is 13.4. The second-order valence-electron chi connectivity index (χ2n) is 11.6. The van der Waals surface area contributed by atoms with Gasteiger partial charge in [-0.05, 0) is 69.1 Å². The number of pyridine rings is 1. The summed E-state index contributed by atoms with van der Waals surface area (Å²) in [4.78, 5) is 34.0. The van der Waals surface area contributed by atoms with E-state index in [1.54, 1.807) is 18.3 Å². The molecule has 1 amide bonds. The van der Waals surface area contributed by atoms with Gasteiger partial charge in [0.15, 0.2) is 17.3 Å². The third-order valence-electron chi connectivity index (χ3n) is 8.68. The Bertz CT molecular complexity index is 1380. The number of nitrogens with two attached hydrogens (primary N) is 1. The van der Waals surface area contributed by atoms with Crippen molar-refractivity contribution in [3.05, 3.63) is 53.3 Å². The number of piperidine rings is 1. The predicted octanol–water partition coefficient (Wildman–Crippen LogP) is 3.84. The second-order valence-corrected chi connectivity index (χ2v) is 12.0. The van der Waals surface area contributed by atoms with Crippen LogP contribution in [0.4, 0.5) is 23.0 Å². The molecular weight excluding hydrogens is 566 g/mol. The van der Waals surface area contributed by atoms with E-state index in [4.69, 9.17) is 27.1 Å². The molecule has 3 aliphatic heterocycles. The van der Waals surface area contributed by atoms with E-state index in [-0.39, 0.29) is 11.7 Å². The van der Waals surface area contributed by atoms with Gasteiger partial charge < -0.3 is 30.9 Å². The molecule has 12 heteroatoms. The van der Waals surface area contributed by atoms with Gasteiger partial charge in [-0.15, -0.1) is 0 Å². The predicted molar refractivity (Wildman–Crippen MR) is 170 cm³/mol. The molecule has 2 aromatic heterocycles. The van der Waals surface area contributed by atoms with Crippen LogP contribution in [-0.4, -0.2) is 102 Å². The minimum absolute atomic E-state index is 0.0410. The van der Waals surface area contributed by atoms with E-state index >= 15 is 0 Å². The van der Waals surface area contributed by atoms with Gasteiger partial charge in [0, 0.05) is 82.1 Å². The maximum absolute atomic E-state index is 12.6. The first-order chi connectivity index (χ1) is 20.9. The molecule has 0 unspecified atom stereocenters. The number of carbonyl (C=O) groups excluding carboxylic acids is 1. The number of halogens is 1. The molecular formula is C31H40ClN9O2. The first-order valence-corrected chi connectivity index (χ1v) is 15.5. The molecule has 0 saturated carbocycles. The fraction of sp³-hybridized carbons (Fsp3) is 0.484. The van der Waals surface area contributed by atoms with Crippen molar-refractivity contribution in [2.75, 3.05) is 75.1 Å². The summed E-state index contributed by atoms with van der Waals surface area (Å²) in [7, 11) is 2.21. The Morgan fingerprint density at radius 3 is 2.30 bits per heavy atom. The Hall–Kier alpha value is -3.51. The average Bonchev–Trinajstić information content (AvgIpc) is 3.03. The van der Waals surface area contributed by atoms with Crippen molar-refractivity contribution in [2.24, 2.45) is 5.73 Å². The van der Waals surface area contributed by atoms with Crippen LogP contribution in [0, 0.1) is 0 Å². The lowest BCUT2D eigenvalue weighted by Crippen LogP contribution is -2.52. The van der Waals surface area contributed by atoms with Crippen molar-refractivity contribution in [3.8, 4) is 11.4 Å². The van der Waals surface area contributed by atoms with Crippen LogP contribution in [0.15, 0.2) is 42.6 Å². The van der Waals surface area contributed by atoms with Crippen molar-refractivity contribution in [1.82, 2.24) is 24.8 Å². The fourth-order valence-electron chi connectivity index (χ4n) is 6.09. The molecule has 0 atom stereocenters. The number of likely N-dealkylation sites (N-methyl/N-ethyl adjacent to an activating group) is 1. The van der Waals surface area contributed by atoms with Gasteiger partial charge in [0.1, 0.15) is 5.69 Å². The summed E-state index contributed by atoms with van der Waals surface area (Å²) in [6.45, 7) is 8.08. The molecule has 5 heterocycles. The monoisotopic (exact) mass is 605 g/mol. The molecule has 0 radical (unpaired) electrons. The summed E-state index contributed by atoms with van der Waals surface area (Å²) in [5.74, 6) is 0.136. The number of piperazine rings is 1. The molecule has 1 aromatic carbocycles. The summed E-state index contributed by atoms with van der Waals surface area (Å²) in [6, 6.07) is 12.6. The van der Waals surface area contributed by atoms with Gasteiger partial charge in [-0.1, -0.05) is 11.6 Å². The van der Waals surface area contributed by atoms with Gasteiger partial charge in [-0.2, -0.15) is 0 Å².